The minimum Gasteiger partial charge on any atom is -0.361 e. The first-order chi connectivity index (χ1) is 13.6. The monoisotopic (exact) mass is 386 g/mol. The van der Waals surface area contributed by atoms with Crippen LogP contribution in [-0.4, -0.2) is 35.1 Å². The van der Waals surface area contributed by atoms with Crippen molar-refractivity contribution < 1.29 is 9.32 Å². The van der Waals surface area contributed by atoms with Crippen LogP contribution in [0.5, 0.6) is 0 Å². The molecule has 8 heteroatoms. The fourth-order valence-electron chi connectivity index (χ4n) is 2.73. The molecule has 0 saturated carbocycles. The van der Waals surface area contributed by atoms with Crippen LogP contribution in [0.3, 0.4) is 0 Å². The molecule has 0 unspecified atom stereocenters. The van der Waals surface area contributed by atoms with Crippen molar-refractivity contribution in [3.05, 3.63) is 40.9 Å². The Morgan fingerprint density at radius 2 is 2.00 bits per heavy atom. The molecule has 2 rings (SSSR count). The maximum Gasteiger partial charge on any atom is 0.227 e. The summed E-state index contributed by atoms with van der Waals surface area (Å²) in [7, 11) is 0. The Bertz CT molecular complexity index is 778. The summed E-state index contributed by atoms with van der Waals surface area (Å²) in [6.45, 7) is 9.67. The normalized spacial score (nSPS) is 11.4. The lowest BCUT2D eigenvalue weighted by Crippen LogP contribution is -2.38. The van der Waals surface area contributed by atoms with E-state index in [-0.39, 0.29) is 5.91 Å². The van der Waals surface area contributed by atoms with E-state index in [2.05, 4.69) is 38.0 Å². The Hall–Kier alpha value is -2.90. The number of aliphatic imine (C=N–C) groups is 1. The van der Waals surface area contributed by atoms with Crippen LogP contribution in [0.15, 0.2) is 27.7 Å². The van der Waals surface area contributed by atoms with Crippen LogP contribution in [0, 0.1) is 6.92 Å². The number of anilines is 1. The van der Waals surface area contributed by atoms with E-state index in [9.17, 15) is 4.79 Å². The van der Waals surface area contributed by atoms with Gasteiger partial charge in [0.1, 0.15) is 11.6 Å². The molecule has 2 aromatic rings. The highest BCUT2D eigenvalue weighted by molar-refractivity contribution is 5.90. The zero-order chi connectivity index (χ0) is 20.4. The maximum atomic E-state index is 12.1. The maximum absolute atomic E-state index is 12.1. The molecule has 0 aliphatic heterocycles. The van der Waals surface area contributed by atoms with Crippen molar-refractivity contribution in [2.45, 2.75) is 53.5 Å². The molecule has 0 saturated heterocycles. The first-order valence-corrected chi connectivity index (χ1v) is 9.79. The van der Waals surface area contributed by atoms with Crippen molar-refractivity contribution in [2.75, 3.05) is 18.4 Å². The number of carbonyl (C=O) groups excluding carboxylic acids is 1. The lowest BCUT2D eigenvalue weighted by molar-refractivity contribution is -0.116. The zero-order valence-electron chi connectivity index (χ0n) is 17.1. The average Bonchev–Trinajstić information content (AvgIpc) is 3.08. The molecule has 28 heavy (non-hydrogen) atoms. The standard InChI is InChI=1S/C20H30N6O2/c1-5-16-15(17(6-2)28-26-16)13-23-20(21-7-3)22-12-11-19(27)25-18-10-8-9-14(4)24-18/h8-10H,5-7,11-13H2,1-4H3,(H2,21,22,23)(H,24,25,27). The second kappa shape index (κ2) is 11.1. The van der Waals surface area contributed by atoms with E-state index in [0.29, 0.717) is 31.3 Å². The summed E-state index contributed by atoms with van der Waals surface area (Å²) in [5.74, 6) is 2.01. The number of aryl methyl sites for hydroxylation is 3. The number of carbonyl (C=O) groups is 1. The number of hydrogen-bond donors (Lipinski definition) is 3. The van der Waals surface area contributed by atoms with Crippen molar-refractivity contribution in [2.24, 2.45) is 4.99 Å². The first kappa shape index (κ1) is 21.4. The Morgan fingerprint density at radius 3 is 2.68 bits per heavy atom. The van der Waals surface area contributed by atoms with Gasteiger partial charge < -0.3 is 20.5 Å². The van der Waals surface area contributed by atoms with Crippen LogP contribution in [0.1, 0.15) is 49.9 Å². The van der Waals surface area contributed by atoms with Crippen LogP contribution in [0.25, 0.3) is 0 Å². The number of rotatable bonds is 9. The third kappa shape index (κ3) is 6.37. The highest BCUT2D eigenvalue weighted by Gasteiger charge is 2.13. The summed E-state index contributed by atoms with van der Waals surface area (Å²) >= 11 is 0. The van der Waals surface area contributed by atoms with E-state index in [1.54, 1.807) is 6.07 Å². The van der Waals surface area contributed by atoms with E-state index in [4.69, 9.17) is 4.52 Å². The topological polar surface area (TPSA) is 104 Å². The summed E-state index contributed by atoms with van der Waals surface area (Å²) in [4.78, 5) is 21.0. The largest absolute Gasteiger partial charge is 0.361 e. The van der Waals surface area contributed by atoms with Gasteiger partial charge in [-0.15, -0.1) is 0 Å². The van der Waals surface area contributed by atoms with Crippen molar-refractivity contribution >= 4 is 17.7 Å². The number of aromatic nitrogens is 2. The van der Waals surface area contributed by atoms with Gasteiger partial charge in [0.25, 0.3) is 0 Å². The number of pyridine rings is 1. The number of guanidine groups is 1. The molecule has 0 aliphatic carbocycles. The Balaban J connectivity index is 1.89. The van der Waals surface area contributed by atoms with Gasteiger partial charge in [0, 0.05) is 37.2 Å². The average molecular weight is 387 g/mol. The van der Waals surface area contributed by atoms with Gasteiger partial charge in [-0.25, -0.2) is 9.98 Å². The molecule has 0 spiro atoms. The van der Waals surface area contributed by atoms with Crippen LogP contribution in [-0.2, 0) is 24.2 Å². The van der Waals surface area contributed by atoms with Gasteiger partial charge in [0.2, 0.25) is 5.91 Å². The van der Waals surface area contributed by atoms with Crippen molar-refractivity contribution in [1.29, 1.82) is 0 Å². The SMILES string of the molecule is CCNC(=NCc1c(CC)noc1CC)NCCC(=O)Nc1cccc(C)n1. The highest BCUT2D eigenvalue weighted by atomic mass is 16.5. The summed E-state index contributed by atoms with van der Waals surface area (Å²) in [5, 5.41) is 13.3. The molecule has 0 atom stereocenters. The lowest BCUT2D eigenvalue weighted by Gasteiger charge is -2.11. The van der Waals surface area contributed by atoms with Gasteiger partial charge >= 0.3 is 0 Å². The van der Waals surface area contributed by atoms with Crippen molar-refractivity contribution in [3.8, 4) is 0 Å². The van der Waals surface area contributed by atoms with Crippen LogP contribution in [0.2, 0.25) is 0 Å². The van der Waals surface area contributed by atoms with Crippen LogP contribution in [0.4, 0.5) is 5.82 Å². The molecule has 8 nitrogen and oxygen atoms in total. The first-order valence-electron chi connectivity index (χ1n) is 9.79. The zero-order valence-corrected chi connectivity index (χ0v) is 17.1. The molecule has 0 fully saturated rings. The Labute approximate surface area is 166 Å². The minimum absolute atomic E-state index is 0.0954. The van der Waals surface area contributed by atoms with E-state index in [1.807, 2.05) is 32.9 Å². The van der Waals surface area contributed by atoms with Gasteiger partial charge in [-0.3, -0.25) is 4.79 Å². The van der Waals surface area contributed by atoms with E-state index < -0.39 is 0 Å². The summed E-state index contributed by atoms with van der Waals surface area (Å²) in [5.41, 5.74) is 2.86. The Morgan fingerprint density at radius 1 is 1.18 bits per heavy atom. The quantitative estimate of drug-likeness (QED) is 0.452. The van der Waals surface area contributed by atoms with Crippen LogP contribution >= 0.6 is 0 Å². The van der Waals surface area contributed by atoms with Crippen LogP contribution < -0.4 is 16.0 Å². The van der Waals surface area contributed by atoms with Crippen molar-refractivity contribution in [3.63, 3.8) is 0 Å². The van der Waals surface area contributed by atoms with Gasteiger partial charge in [0.15, 0.2) is 5.96 Å². The minimum atomic E-state index is -0.0954. The third-order valence-corrected chi connectivity index (χ3v) is 4.15. The second-order valence-corrected chi connectivity index (χ2v) is 6.32. The fourth-order valence-corrected chi connectivity index (χ4v) is 2.73. The lowest BCUT2D eigenvalue weighted by atomic mass is 10.1. The van der Waals surface area contributed by atoms with Gasteiger partial charge in [-0.1, -0.05) is 25.1 Å². The molecule has 2 heterocycles. The molecule has 0 aromatic carbocycles. The molecular weight excluding hydrogens is 356 g/mol. The van der Waals surface area contributed by atoms with E-state index >= 15 is 0 Å². The van der Waals surface area contributed by atoms with E-state index in [1.165, 1.54) is 0 Å². The molecule has 152 valence electrons. The number of nitrogens with one attached hydrogen (secondary N) is 3. The van der Waals surface area contributed by atoms with Gasteiger partial charge in [0.05, 0.1) is 12.2 Å². The second-order valence-electron chi connectivity index (χ2n) is 6.32. The fraction of sp³-hybridized carbons (Fsp3) is 0.500. The molecule has 0 bridgehead atoms. The molecule has 1 amide bonds. The molecular formula is C20H30N6O2. The number of nitrogens with zero attached hydrogens (tertiary/aromatic N) is 3. The molecule has 3 N–H and O–H groups in total. The highest BCUT2D eigenvalue weighted by Crippen LogP contribution is 2.16. The summed E-state index contributed by atoms with van der Waals surface area (Å²) in [6, 6.07) is 5.53. The summed E-state index contributed by atoms with van der Waals surface area (Å²) in [6.07, 6.45) is 1.91. The number of amides is 1. The molecule has 0 radical (unpaired) electrons. The van der Waals surface area contributed by atoms with Gasteiger partial charge in [-0.2, -0.15) is 0 Å². The predicted molar refractivity (Wildman–Crippen MR) is 110 cm³/mol. The molecule has 2 aromatic heterocycles. The Kier molecular flexibility index (Phi) is 8.45. The predicted octanol–water partition coefficient (Wildman–Crippen LogP) is 2.59. The smallest absolute Gasteiger partial charge is 0.227 e. The van der Waals surface area contributed by atoms with Gasteiger partial charge in [-0.05, 0) is 32.4 Å². The third-order valence-electron chi connectivity index (χ3n) is 4.15. The van der Waals surface area contributed by atoms with Crippen molar-refractivity contribution in [1.82, 2.24) is 20.8 Å². The van der Waals surface area contributed by atoms with E-state index in [0.717, 1.165) is 42.1 Å². The number of hydrogen-bond acceptors (Lipinski definition) is 5. The molecule has 0 aliphatic rings. The summed E-state index contributed by atoms with van der Waals surface area (Å²) < 4.78 is 5.39.